The lowest BCUT2D eigenvalue weighted by Crippen LogP contribution is -2.37. The predicted octanol–water partition coefficient (Wildman–Crippen LogP) is 5.38. The van der Waals surface area contributed by atoms with E-state index in [1.807, 2.05) is 0 Å². The third-order valence-corrected chi connectivity index (χ3v) is 7.58. The van der Waals surface area contributed by atoms with Crippen LogP contribution >= 0.6 is 11.6 Å². The van der Waals surface area contributed by atoms with Gasteiger partial charge in [-0.2, -0.15) is 8.42 Å². The van der Waals surface area contributed by atoms with Crippen molar-refractivity contribution in [1.29, 1.82) is 0 Å². The molecule has 0 bridgehead atoms. The molecule has 9 heteroatoms. The van der Waals surface area contributed by atoms with Gasteiger partial charge in [0.15, 0.2) is 0 Å². The Bertz CT molecular complexity index is 1300. The number of rotatable bonds is 8. The summed E-state index contributed by atoms with van der Waals surface area (Å²) in [4.78, 5) is 14.7. The van der Waals surface area contributed by atoms with Crippen molar-refractivity contribution in [3.05, 3.63) is 94.3 Å². The molecule has 184 valence electrons. The molecular formula is C26H25ClFNO5S. The Morgan fingerprint density at radius 2 is 1.91 bits per heavy atom. The van der Waals surface area contributed by atoms with E-state index in [1.54, 1.807) is 48.2 Å². The van der Waals surface area contributed by atoms with Gasteiger partial charge in [0.1, 0.15) is 16.5 Å². The maximum absolute atomic E-state index is 13.8. The first-order valence-electron chi connectivity index (χ1n) is 11.2. The number of hydrogen-bond donors (Lipinski definition) is 0. The summed E-state index contributed by atoms with van der Waals surface area (Å²) in [6.45, 7) is 2.77. The van der Waals surface area contributed by atoms with Gasteiger partial charge in [0.25, 0.3) is 5.91 Å². The standard InChI is InChI=1S/C26H25ClFNO5S/c1-18-6-2-12-24(27)25(18)35(31,32)34-22-10-3-7-19(14-22)16-29(17-23-11-5-13-33-23)26(30)20-8-4-9-21(28)15-20/h2-4,6-10,12,14-15,23H,5,11,13,16-17H2,1H3/t23-/m0/s1. The molecule has 1 aliphatic heterocycles. The quantitative estimate of drug-likeness (QED) is 0.375. The minimum Gasteiger partial charge on any atom is -0.379 e. The van der Waals surface area contributed by atoms with Crippen molar-refractivity contribution in [1.82, 2.24) is 4.90 Å². The molecule has 0 radical (unpaired) electrons. The van der Waals surface area contributed by atoms with Gasteiger partial charge in [-0.3, -0.25) is 4.79 Å². The fourth-order valence-electron chi connectivity index (χ4n) is 4.08. The van der Waals surface area contributed by atoms with Gasteiger partial charge in [0.05, 0.1) is 11.1 Å². The summed E-state index contributed by atoms with van der Waals surface area (Å²) in [6, 6.07) is 16.8. The number of aryl methyl sites for hydroxylation is 1. The lowest BCUT2D eigenvalue weighted by Gasteiger charge is -2.26. The Hall–Kier alpha value is -2.94. The molecule has 1 atom stereocenters. The van der Waals surface area contributed by atoms with Crippen LogP contribution in [0.15, 0.2) is 71.6 Å². The van der Waals surface area contributed by atoms with Crippen molar-refractivity contribution in [3.8, 4) is 5.75 Å². The Kier molecular flexibility index (Phi) is 7.74. The molecule has 6 nitrogen and oxygen atoms in total. The summed E-state index contributed by atoms with van der Waals surface area (Å²) in [7, 11) is -4.18. The van der Waals surface area contributed by atoms with E-state index in [-0.39, 0.29) is 39.8 Å². The maximum Gasteiger partial charge on any atom is 0.340 e. The molecule has 1 aliphatic rings. The maximum atomic E-state index is 13.8. The van der Waals surface area contributed by atoms with Gasteiger partial charge in [-0.15, -0.1) is 0 Å². The highest BCUT2D eigenvalue weighted by Crippen LogP contribution is 2.28. The SMILES string of the molecule is Cc1cccc(Cl)c1S(=O)(=O)Oc1cccc(CN(C[C@@H]2CCCO2)C(=O)c2cccc(F)c2)c1. The smallest absolute Gasteiger partial charge is 0.340 e. The molecule has 0 aromatic heterocycles. The van der Waals surface area contributed by atoms with E-state index in [0.29, 0.717) is 24.3 Å². The summed E-state index contributed by atoms with van der Waals surface area (Å²) >= 11 is 6.12. The molecule has 0 spiro atoms. The van der Waals surface area contributed by atoms with E-state index in [2.05, 4.69) is 0 Å². The molecular weight excluding hydrogens is 493 g/mol. The van der Waals surface area contributed by atoms with Crippen molar-refractivity contribution in [2.75, 3.05) is 13.2 Å². The van der Waals surface area contributed by atoms with Gasteiger partial charge >= 0.3 is 10.1 Å². The number of halogens is 2. The highest BCUT2D eigenvalue weighted by atomic mass is 35.5. The molecule has 4 rings (SSSR count). The van der Waals surface area contributed by atoms with Gasteiger partial charge in [0, 0.05) is 25.3 Å². The number of hydrogen-bond acceptors (Lipinski definition) is 5. The minimum atomic E-state index is -4.18. The first-order chi connectivity index (χ1) is 16.7. The second-order valence-electron chi connectivity index (χ2n) is 8.40. The average Bonchev–Trinajstić information content (AvgIpc) is 3.31. The topological polar surface area (TPSA) is 72.9 Å². The molecule has 35 heavy (non-hydrogen) atoms. The van der Waals surface area contributed by atoms with E-state index in [1.165, 1.54) is 30.3 Å². The summed E-state index contributed by atoms with van der Waals surface area (Å²) in [5.74, 6) is -0.744. The first kappa shape index (κ1) is 25.2. The van der Waals surface area contributed by atoms with Crippen LogP contribution < -0.4 is 4.18 Å². The zero-order chi connectivity index (χ0) is 25.0. The van der Waals surface area contributed by atoms with Gasteiger partial charge in [-0.25, -0.2) is 4.39 Å². The van der Waals surface area contributed by atoms with Gasteiger partial charge in [-0.05, 0) is 67.3 Å². The van der Waals surface area contributed by atoms with Crippen molar-refractivity contribution in [3.63, 3.8) is 0 Å². The normalized spacial score (nSPS) is 15.7. The van der Waals surface area contributed by atoms with E-state index >= 15 is 0 Å². The van der Waals surface area contributed by atoms with E-state index in [0.717, 1.165) is 12.8 Å². The fourth-order valence-corrected chi connectivity index (χ4v) is 5.79. The van der Waals surface area contributed by atoms with Crippen molar-refractivity contribution in [2.45, 2.75) is 37.3 Å². The third-order valence-electron chi connectivity index (χ3n) is 5.70. The van der Waals surface area contributed by atoms with Crippen LogP contribution in [0.25, 0.3) is 0 Å². The molecule has 1 heterocycles. The van der Waals surface area contributed by atoms with E-state index in [9.17, 15) is 17.6 Å². The van der Waals surface area contributed by atoms with Crippen molar-refractivity contribution in [2.24, 2.45) is 0 Å². The van der Waals surface area contributed by atoms with E-state index in [4.69, 9.17) is 20.5 Å². The molecule has 0 unspecified atom stereocenters. The molecule has 0 saturated carbocycles. The van der Waals surface area contributed by atoms with Crippen molar-refractivity contribution < 1.29 is 26.5 Å². The summed E-state index contributed by atoms with van der Waals surface area (Å²) in [5.41, 5.74) is 1.35. The number of carbonyl (C=O) groups is 1. The molecule has 3 aromatic carbocycles. The molecule has 1 amide bonds. The monoisotopic (exact) mass is 517 g/mol. The molecule has 0 aliphatic carbocycles. The van der Waals surface area contributed by atoms with Crippen LogP contribution in [0.2, 0.25) is 5.02 Å². The number of benzene rings is 3. The van der Waals surface area contributed by atoms with Crippen molar-refractivity contribution >= 4 is 27.6 Å². The second kappa shape index (κ2) is 10.8. The highest BCUT2D eigenvalue weighted by molar-refractivity contribution is 7.87. The Balaban J connectivity index is 1.58. The number of amides is 1. The van der Waals surface area contributed by atoms with Crippen LogP contribution in [0.5, 0.6) is 5.75 Å². The third kappa shape index (κ3) is 6.20. The second-order valence-corrected chi connectivity index (χ2v) is 10.3. The number of nitrogens with zero attached hydrogens (tertiary/aromatic N) is 1. The fraction of sp³-hybridized carbons (Fsp3) is 0.269. The zero-order valence-corrected chi connectivity index (χ0v) is 20.7. The van der Waals surface area contributed by atoms with Crippen LogP contribution in [0.1, 0.15) is 34.3 Å². The lowest BCUT2D eigenvalue weighted by molar-refractivity contribution is 0.0507. The van der Waals surface area contributed by atoms with Crippen LogP contribution in [-0.4, -0.2) is 38.5 Å². The Morgan fingerprint density at radius 3 is 2.63 bits per heavy atom. The molecule has 3 aromatic rings. The highest BCUT2D eigenvalue weighted by Gasteiger charge is 2.25. The minimum absolute atomic E-state index is 0.0737. The van der Waals surface area contributed by atoms with Crippen LogP contribution in [0, 0.1) is 12.7 Å². The summed E-state index contributed by atoms with van der Waals surface area (Å²) in [5, 5.41) is 0.0737. The molecule has 1 fully saturated rings. The first-order valence-corrected chi connectivity index (χ1v) is 13.0. The summed E-state index contributed by atoms with van der Waals surface area (Å²) in [6.07, 6.45) is 1.62. The van der Waals surface area contributed by atoms with Gasteiger partial charge in [0.2, 0.25) is 0 Å². The van der Waals surface area contributed by atoms with E-state index < -0.39 is 15.9 Å². The van der Waals surface area contributed by atoms with Gasteiger partial charge < -0.3 is 13.8 Å². The van der Waals surface area contributed by atoms with Crippen LogP contribution in [0.3, 0.4) is 0 Å². The molecule has 0 N–H and O–H groups in total. The van der Waals surface area contributed by atoms with Crippen LogP contribution in [-0.2, 0) is 21.4 Å². The molecule has 1 saturated heterocycles. The van der Waals surface area contributed by atoms with Crippen LogP contribution in [0.4, 0.5) is 4.39 Å². The zero-order valence-electron chi connectivity index (χ0n) is 19.1. The summed E-state index contributed by atoms with van der Waals surface area (Å²) < 4.78 is 50.7. The Labute approximate surface area is 209 Å². The lowest BCUT2D eigenvalue weighted by atomic mass is 10.1. The van der Waals surface area contributed by atoms with Gasteiger partial charge in [-0.1, -0.05) is 41.9 Å². The predicted molar refractivity (Wildman–Crippen MR) is 131 cm³/mol. The largest absolute Gasteiger partial charge is 0.379 e. The average molecular weight is 518 g/mol. The Morgan fingerprint density at radius 1 is 1.14 bits per heavy atom. The number of ether oxygens (including phenoxy) is 1. The number of carbonyl (C=O) groups excluding carboxylic acids is 1.